The van der Waals surface area contributed by atoms with E-state index in [9.17, 15) is 4.79 Å². The molecule has 0 heterocycles. The van der Waals surface area contributed by atoms with Crippen molar-refractivity contribution in [2.75, 3.05) is 6.54 Å². The van der Waals surface area contributed by atoms with Crippen molar-refractivity contribution in [3.63, 3.8) is 0 Å². The first-order valence-electron chi connectivity index (χ1n) is 5.44. The van der Waals surface area contributed by atoms with Crippen LogP contribution < -0.4 is 5.32 Å². The number of benzene rings is 1. The van der Waals surface area contributed by atoms with Gasteiger partial charge in [-0.1, -0.05) is 39.1 Å². The molecule has 0 radical (unpaired) electrons. The number of carbonyl (C=O) groups is 1. The van der Waals surface area contributed by atoms with Crippen LogP contribution in [0.15, 0.2) is 18.2 Å². The Bertz CT molecular complexity index is 414. The molecule has 1 fully saturated rings. The summed E-state index contributed by atoms with van der Waals surface area (Å²) in [5.41, 5.74) is 0.498. The zero-order valence-electron chi connectivity index (χ0n) is 9.05. The van der Waals surface area contributed by atoms with Crippen LogP contribution in [0.4, 0.5) is 0 Å². The van der Waals surface area contributed by atoms with E-state index in [2.05, 4.69) is 21.2 Å². The maximum Gasteiger partial charge on any atom is 0.251 e. The Morgan fingerprint density at radius 1 is 1.35 bits per heavy atom. The Balaban J connectivity index is 1.94. The maximum atomic E-state index is 11.8. The van der Waals surface area contributed by atoms with Crippen LogP contribution in [0.2, 0.25) is 10.0 Å². The normalized spacial score (nSPS) is 16.6. The zero-order valence-corrected chi connectivity index (χ0v) is 12.1. The summed E-state index contributed by atoms with van der Waals surface area (Å²) >= 11 is 15.3. The summed E-state index contributed by atoms with van der Waals surface area (Å²) in [5.74, 6) is 0.567. The molecule has 0 saturated heterocycles. The van der Waals surface area contributed by atoms with Crippen LogP contribution in [0.1, 0.15) is 23.2 Å². The Labute approximate surface area is 119 Å². The lowest BCUT2D eigenvalue weighted by atomic mass is 10.2. The lowest BCUT2D eigenvalue weighted by Gasteiger charge is -2.10. The highest BCUT2D eigenvalue weighted by molar-refractivity contribution is 9.09. The van der Waals surface area contributed by atoms with Gasteiger partial charge in [-0.15, -0.1) is 0 Å². The largest absolute Gasteiger partial charge is 0.351 e. The Hall–Kier alpha value is -0.250. The molecule has 0 bridgehead atoms. The lowest BCUT2D eigenvalue weighted by molar-refractivity contribution is 0.0953. The van der Waals surface area contributed by atoms with E-state index in [0.717, 1.165) is 0 Å². The average molecular weight is 337 g/mol. The smallest absolute Gasteiger partial charge is 0.251 e. The maximum absolute atomic E-state index is 11.8. The zero-order chi connectivity index (χ0) is 12.4. The van der Waals surface area contributed by atoms with E-state index in [1.165, 1.54) is 12.8 Å². The first-order chi connectivity index (χ1) is 8.06. The van der Waals surface area contributed by atoms with E-state index in [1.807, 2.05) is 0 Å². The molecule has 17 heavy (non-hydrogen) atoms. The van der Waals surface area contributed by atoms with E-state index in [1.54, 1.807) is 18.2 Å². The van der Waals surface area contributed by atoms with Gasteiger partial charge in [0.05, 0.1) is 0 Å². The third kappa shape index (κ3) is 3.87. The third-order valence-corrected chi connectivity index (χ3v) is 4.22. The van der Waals surface area contributed by atoms with Crippen molar-refractivity contribution in [1.82, 2.24) is 5.32 Å². The lowest BCUT2D eigenvalue weighted by Crippen LogP contribution is -2.30. The molecule has 1 N–H and O–H groups in total. The second kappa shape index (κ2) is 5.59. The molecule has 1 aliphatic rings. The molecule has 92 valence electrons. The summed E-state index contributed by atoms with van der Waals surface area (Å²) in [6, 6.07) is 4.84. The Morgan fingerprint density at radius 3 is 2.47 bits per heavy atom. The van der Waals surface area contributed by atoms with Crippen LogP contribution in [0, 0.1) is 5.92 Å². The molecule has 1 aromatic carbocycles. The summed E-state index contributed by atoms with van der Waals surface area (Å²) in [6.45, 7) is 0.633. The molecule has 1 atom stereocenters. The number of hydrogen-bond acceptors (Lipinski definition) is 1. The van der Waals surface area contributed by atoms with Crippen molar-refractivity contribution >= 4 is 45.0 Å². The summed E-state index contributed by atoms with van der Waals surface area (Å²) in [7, 11) is 0. The van der Waals surface area contributed by atoms with Crippen LogP contribution >= 0.6 is 39.1 Å². The molecule has 5 heteroatoms. The van der Waals surface area contributed by atoms with Crippen molar-refractivity contribution in [3.8, 4) is 0 Å². The minimum atomic E-state index is -0.139. The predicted octanol–water partition coefficient (Wildman–Crippen LogP) is 3.90. The van der Waals surface area contributed by atoms with Gasteiger partial charge in [-0.2, -0.15) is 0 Å². The molecular formula is C12H12BrCl2NO. The van der Waals surface area contributed by atoms with Gasteiger partial charge in [0, 0.05) is 27.0 Å². The van der Waals surface area contributed by atoms with Gasteiger partial charge in [0.25, 0.3) is 5.91 Å². The van der Waals surface area contributed by atoms with Gasteiger partial charge < -0.3 is 5.32 Å². The van der Waals surface area contributed by atoms with E-state index in [4.69, 9.17) is 23.2 Å². The van der Waals surface area contributed by atoms with Gasteiger partial charge in [-0.25, -0.2) is 0 Å². The highest BCUT2D eigenvalue weighted by Gasteiger charge is 2.29. The van der Waals surface area contributed by atoms with Gasteiger partial charge in [0.1, 0.15) is 0 Å². The quantitative estimate of drug-likeness (QED) is 0.830. The highest BCUT2D eigenvalue weighted by Crippen LogP contribution is 2.36. The summed E-state index contributed by atoms with van der Waals surface area (Å²) < 4.78 is 0. The molecule has 1 unspecified atom stereocenters. The van der Waals surface area contributed by atoms with Crippen molar-refractivity contribution in [2.45, 2.75) is 17.7 Å². The molecule has 1 amide bonds. The van der Waals surface area contributed by atoms with Gasteiger partial charge in [0.15, 0.2) is 0 Å². The van der Waals surface area contributed by atoms with Gasteiger partial charge in [-0.05, 0) is 37.0 Å². The monoisotopic (exact) mass is 335 g/mol. The average Bonchev–Trinajstić information content (AvgIpc) is 3.07. The van der Waals surface area contributed by atoms with E-state index in [-0.39, 0.29) is 5.91 Å². The van der Waals surface area contributed by atoms with Crippen molar-refractivity contribution in [3.05, 3.63) is 33.8 Å². The van der Waals surface area contributed by atoms with Crippen LogP contribution in [0.3, 0.4) is 0 Å². The van der Waals surface area contributed by atoms with Crippen LogP contribution in [0.25, 0.3) is 0 Å². The summed E-state index contributed by atoms with van der Waals surface area (Å²) in [5, 5.41) is 3.82. The summed E-state index contributed by atoms with van der Waals surface area (Å²) in [4.78, 5) is 12.2. The Morgan fingerprint density at radius 2 is 1.94 bits per heavy atom. The molecule has 1 saturated carbocycles. The molecule has 1 aromatic rings. The number of halogens is 3. The fraction of sp³-hybridized carbons (Fsp3) is 0.417. The molecule has 0 spiro atoms. The fourth-order valence-electron chi connectivity index (χ4n) is 1.60. The standard InChI is InChI=1S/C12H12BrCl2NO/c13-11(7-1-2-7)6-16-12(17)8-3-9(14)5-10(15)4-8/h3-5,7,11H,1-2,6H2,(H,16,17). The number of carbonyl (C=O) groups excluding carboxylic acids is 1. The van der Waals surface area contributed by atoms with Crippen molar-refractivity contribution in [2.24, 2.45) is 5.92 Å². The van der Waals surface area contributed by atoms with Crippen molar-refractivity contribution in [1.29, 1.82) is 0 Å². The van der Waals surface area contributed by atoms with Gasteiger partial charge in [0.2, 0.25) is 0 Å². The minimum absolute atomic E-state index is 0.139. The first kappa shape index (κ1) is 13.2. The van der Waals surface area contributed by atoms with E-state index in [0.29, 0.717) is 32.9 Å². The summed E-state index contributed by atoms with van der Waals surface area (Å²) in [6.07, 6.45) is 2.49. The second-order valence-corrected chi connectivity index (χ2v) is 6.27. The van der Waals surface area contributed by atoms with E-state index >= 15 is 0 Å². The SMILES string of the molecule is O=C(NCC(Br)C1CC1)c1cc(Cl)cc(Cl)c1. The number of hydrogen-bond donors (Lipinski definition) is 1. The molecular weight excluding hydrogens is 325 g/mol. The number of nitrogens with one attached hydrogen (secondary N) is 1. The van der Waals surface area contributed by atoms with Gasteiger partial charge in [-0.3, -0.25) is 4.79 Å². The first-order valence-corrected chi connectivity index (χ1v) is 7.12. The number of rotatable bonds is 4. The molecule has 1 aliphatic carbocycles. The van der Waals surface area contributed by atoms with Crippen molar-refractivity contribution < 1.29 is 4.79 Å². The third-order valence-electron chi connectivity index (χ3n) is 2.72. The van der Waals surface area contributed by atoms with Crippen LogP contribution in [-0.2, 0) is 0 Å². The number of alkyl halides is 1. The van der Waals surface area contributed by atoms with Crippen LogP contribution in [-0.4, -0.2) is 17.3 Å². The second-order valence-electron chi connectivity index (χ2n) is 4.22. The highest BCUT2D eigenvalue weighted by atomic mass is 79.9. The predicted molar refractivity (Wildman–Crippen MR) is 74.2 cm³/mol. The topological polar surface area (TPSA) is 29.1 Å². The number of amides is 1. The van der Waals surface area contributed by atoms with E-state index < -0.39 is 0 Å². The molecule has 2 rings (SSSR count). The fourth-order valence-corrected chi connectivity index (χ4v) is 2.82. The van der Waals surface area contributed by atoms with Crippen LogP contribution in [0.5, 0.6) is 0 Å². The molecule has 0 aliphatic heterocycles. The molecule has 2 nitrogen and oxygen atoms in total. The molecule has 0 aromatic heterocycles. The minimum Gasteiger partial charge on any atom is -0.351 e. The van der Waals surface area contributed by atoms with Gasteiger partial charge >= 0.3 is 0 Å². The Kier molecular flexibility index (Phi) is 4.34.